The van der Waals surface area contributed by atoms with Crippen LogP contribution in [-0.2, 0) is 0 Å². The summed E-state index contributed by atoms with van der Waals surface area (Å²) in [6.07, 6.45) is 3.85. The highest BCUT2D eigenvalue weighted by molar-refractivity contribution is 6.06. The number of benzene rings is 2. The molecular formula is C19H20O4. The van der Waals surface area contributed by atoms with E-state index in [0.717, 1.165) is 5.56 Å². The molecule has 0 unspecified atom stereocenters. The van der Waals surface area contributed by atoms with Gasteiger partial charge in [-0.25, -0.2) is 0 Å². The van der Waals surface area contributed by atoms with Gasteiger partial charge in [0.25, 0.3) is 0 Å². The molecule has 4 nitrogen and oxygen atoms in total. The second-order valence-corrected chi connectivity index (χ2v) is 4.90. The van der Waals surface area contributed by atoms with Crippen molar-refractivity contribution in [2.24, 2.45) is 0 Å². The molecule has 4 heteroatoms. The summed E-state index contributed by atoms with van der Waals surface area (Å²) >= 11 is 0. The predicted octanol–water partition coefficient (Wildman–Crippen LogP) is 3.35. The van der Waals surface area contributed by atoms with Crippen molar-refractivity contribution in [1.82, 2.24) is 0 Å². The van der Waals surface area contributed by atoms with E-state index in [1.807, 2.05) is 30.3 Å². The topological polar surface area (TPSA) is 55.8 Å². The van der Waals surface area contributed by atoms with Gasteiger partial charge in [0, 0.05) is 18.6 Å². The van der Waals surface area contributed by atoms with Gasteiger partial charge in [-0.2, -0.15) is 0 Å². The van der Waals surface area contributed by atoms with Gasteiger partial charge in [0.2, 0.25) is 0 Å². The van der Waals surface area contributed by atoms with Gasteiger partial charge in [0.1, 0.15) is 0 Å². The standard InChI is InChI=1S/C19H20O4/c1-22-19-14-15(9-11-18(19)23-13-5-12-20)8-10-17(21)16-6-3-2-4-7-16/h2-4,6-11,14,20H,5,12-13H2,1H3/b10-8+. The molecule has 0 aliphatic heterocycles. The Kier molecular flexibility index (Phi) is 6.39. The van der Waals surface area contributed by atoms with Crippen LogP contribution >= 0.6 is 0 Å². The molecule has 120 valence electrons. The molecule has 2 aromatic carbocycles. The molecule has 0 amide bonds. The number of ether oxygens (including phenoxy) is 2. The van der Waals surface area contributed by atoms with Crippen LogP contribution in [0.5, 0.6) is 11.5 Å². The van der Waals surface area contributed by atoms with Gasteiger partial charge < -0.3 is 14.6 Å². The third-order valence-corrected chi connectivity index (χ3v) is 3.23. The van der Waals surface area contributed by atoms with E-state index >= 15 is 0 Å². The summed E-state index contributed by atoms with van der Waals surface area (Å²) in [7, 11) is 1.57. The van der Waals surface area contributed by atoms with E-state index in [0.29, 0.717) is 30.1 Å². The summed E-state index contributed by atoms with van der Waals surface area (Å²) in [5.41, 5.74) is 1.50. The van der Waals surface area contributed by atoms with Crippen molar-refractivity contribution >= 4 is 11.9 Å². The van der Waals surface area contributed by atoms with E-state index in [9.17, 15) is 4.79 Å². The first-order chi connectivity index (χ1) is 11.2. The molecule has 0 aromatic heterocycles. The molecule has 0 spiro atoms. The molecule has 0 aliphatic carbocycles. The van der Waals surface area contributed by atoms with E-state index in [2.05, 4.69) is 0 Å². The summed E-state index contributed by atoms with van der Waals surface area (Å²) in [6, 6.07) is 14.6. The number of aliphatic hydroxyl groups is 1. The zero-order valence-electron chi connectivity index (χ0n) is 13.1. The van der Waals surface area contributed by atoms with Gasteiger partial charge in [0.05, 0.1) is 13.7 Å². The largest absolute Gasteiger partial charge is 0.493 e. The number of hydrogen-bond acceptors (Lipinski definition) is 4. The van der Waals surface area contributed by atoms with Crippen LogP contribution in [0.15, 0.2) is 54.6 Å². The van der Waals surface area contributed by atoms with Gasteiger partial charge >= 0.3 is 0 Å². The van der Waals surface area contributed by atoms with E-state index < -0.39 is 0 Å². The van der Waals surface area contributed by atoms with Crippen molar-refractivity contribution < 1.29 is 19.4 Å². The Hall–Kier alpha value is -2.59. The first kappa shape index (κ1) is 16.8. The van der Waals surface area contributed by atoms with Crippen molar-refractivity contribution in [2.75, 3.05) is 20.3 Å². The van der Waals surface area contributed by atoms with E-state index in [4.69, 9.17) is 14.6 Å². The zero-order valence-corrected chi connectivity index (χ0v) is 13.1. The Morgan fingerprint density at radius 1 is 1.13 bits per heavy atom. The molecule has 23 heavy (non-hydrogen) atoms. The lowest BCUT2D eigenvalue weighted by Gasteiger charge is -2.10. The third-order valence-electron chi connectivity index (χ3n) is 3.23. The quantitative estimate of drug-likeness (QED) is 0.461. The normalized spacial score (nSPS) is 10.7. The molecule has 2 aromatic rings. The Balaban J connectivity index is 2.08. The number of aliphatic hydroxyl groups excluding tert-OH is 1. The number of carbonyl (C=O) groups excluding carboxylic acids is 1. The van der Waals surface area contributed by atoms with Crippen LogP contribution in [0, 0.1) is 0 Å². The minimum absolute atomic E-state index is 0.0483. The molecule has 0 bridgehead atoms. The van der Waals surface area contributed by atoms with Gasteiger partial charge in [-0.1, -0.05) is 42.5 Å². The van der Waals surface area contributed by atoms with Gasteiger partial charge in [-0.15, -0.1) is 0 Å². The fraction of sp³-hybridized carbons (Fsp3) is 0.211. The fourth-order valence-corrected chi connectivity index (χ4v) is 2.02. The maximum atomic E-state index is 12.0. The molecule has 0 saturated carbocycles. The molecule has 0 atom stereocenters. The maximum Gasteiger partial charge on any atom is 0.185 e. The second-order valence-electron chi connectivity index (χ2n) is 4.90. The molecule has 0 aliphatic rings. The Morgan fingerprint density at radius 3 is 2.61 bits per heavy atom. The van der Waals surface area contributed by atoms with Crippen molar-refractivity contribution in [3.8, 4) is 11.5 Å². The lowest BCUT2D eigenvalue weighted by molar-refractivity contribution is 0.104. The van der Waals surface area contributed by atoms with Crippen molar-refractivity contribution in [3.05, 3.63) is 65.7 Å². The van der Waals surface area contributed by atoms with Crippen LogP contribution in [0.25, 0.3) is 6.08 Å². The predicted molar refractivity (Wildman–Crippen MR) is 90.0 cm³/mol. The van der Waals surface area contributed by atoms with E-state index in [1.54, 1.807) is 31.4 Å². The van der Waals surface area contributed by atoms with Gasteiger partial charge in [-0.3, -0.25) is 4.79 Å². The molecule has 0 radical (unpaired) electrons. The highest BCUT2D eigenvalue weighted by Gasteiger charge is 2.05. The molecular weight excluding hydrogens is 292 g/mol. The summed E-state index contributed by atoms with van der Waals surface area (Å²) < 4.78 is 10.8. The molecule has 0 saturated heterocycles. The van der Waals surface area contributed by atoms with E-state index in [-0.39, 0.29) is 12.4 Å². The van der Waals surface area contributed by atoms with E-state index in [1.165, 1.54) is 6.08 Å². The van der Waals surface area contributed by atoms with Crippen LogP contribution in [0.4, 0.5) is 0 Å². The highest BCUT2D eigenvalue weighted by Crippen LogP contribution is 2.28. The Morgan fingerprint density at radius 2 is 1.91 bits per heavy atom. The number of rotatable bonds is 8. The highest BCUT2D eigenvalue weighted by atomic mass is 16.5. The van der Waals surface area contributed by atoms with Crippen molar-refractivity contribution in [2.45, 2.75) is 6.42 Å². The monoisotopic (exact) mass is 312 g/mol. The molecule has 2 rings (SSSR count). The lowest BCUT2D eigenvalue weighted by atomic mass is 10.1. The minimum atomic E-state index is -0.0483. The Bertz CT molecular complexity index is 662. The van der Waals surface area contributed by atoms with Gasteiger partial charge in [-0.05, 0) is 23.8 Å². The van der Waals surface area contributed by atoms with Crippen molar-refractivity contribution in [3.63, 3.8) is 0 Å². The summed E-state index contributed by atoms with van der Waals surface area (Å²) in [5, 5.41) is 8.78. The summed E-state index contributed by atoms with van der Waals surface area (Å²) in [4.78, 5) is 12.0. The average Bonchev–Trinajstić information content (AvgIpc) is 2.61. The van der Waals surface area contributed by atoms with Crippen LogP contribution in [0.1, 0.15) is 22.3 Å². The number of carbonyl (C=O) groups is 1. The van der Waals surface area contributed by atoms with Crippen LogP contribution in [0.2, 0.25) is 0 Å². The fourth-order valence-electron chi connectivity index (χ4n) is 2.02. The SMILES string of the molecule is COc1cc(/C=C/C(=O)c2ccccc2)ccc1OCCCO. The molecule has 0 heterocycles. The van der Waals surface area contributed by atoms with Gasteiger partial charge in [0.15, 0.2) is 17.3 Å². The van der Waals surface area contributed by atoms with Crippen LogP contribution < -0.4 is 9.47 Å². The second kappa shape index (κ2) is 8.76. The summed E-state index contributed by atoms with van der Waals surface area (Å²) in [6.45, 7) is 0.513. The summed E-state index contributed by atoms with van der Waals surface area (Å²) in [5.74, 6) is 1.16. The van der Waals surface area contributed by atoms with Crippen LogP contribution in [-0.4, -0.2) is 31.2 Å². The number of methoxy groups -OCH3 is 1. The van der Waals surface area contributed by atoms with Crippen LogP contribution in [0.3, 0.4) is 0 Å². The zero-order chi connectivity index (χ0) is 16.5. The average molecular weight is 312 g/mol. The van der Waals surface area contributed by atoms with Crippen molar-refractivity contribution in [1.29, 1.82) is 0 Å². The minimum Gasteiger partial charge on any atom is -0.493 e. The number of ketones is 1. The number of allylic oxidation sites excluding steroid dienone is 1. The molecule has 0 fully saturated rings. The molecule has 1 N–H and O–H groups in total. The lowest BCUT2D eigenvalue weighted by Crippen LogP contribution is -2.01. The smallest absolute Gasteiger partial charge is 0.185 e. The first-order valence-electron chi connectivity index (χ1n) is 7.43. The Labute approximate surface area is 136 Å². The third kappa shape index (κ3) is 4.97. The maximum absolute atomic E-state index is 12.0. The number of hydrogen-bond donors (Lipinski definition) is 1. The first-order valence-corrected chi connectivity index (χ1v) is 7.43.